The molecule has 37 heavy (non-hydrogen) atoms. The number of alkyl halides is 3. The Bertz CT molecular complexity index is 1260. The first-order valence-electron chi connectivity index (χ1n) is 11.9. The third kappa shape index (κ3) is 6.97. The van der Waals surface area contributed by atoms with Crippen LogP contribution in [0, 0.1) is 6.92 Å². The quantitative estimate of drug-likeness (QED) is 0.372. The van der Waals surface area contributed by atoms with E-state index in [1.807, 2.05) is 26.8 Å². The van der Waals surface area contributed by atoms with Crippen molar-refractivity contribution >= 4 is 11.5 Å². The lowest BCUT2D eigenvalue weighted by atomic mass is 9.99. The van der Waals surface area contributed by atoms with Crippen molar-refractivity contribution in [2.24, 2.45) is 0 Å². The van der Waals surface area contributed by atoms with Gasteiger partial charge in [-0.3, -0.25) is 9.78 Å². The smallest absolute Gasteiger partial charge is 0.473 e. The van der Waals surface area contributed by atoms with Crippen LogP contribution in [0.3, 0.4) is 0 Å². The van der Waals surface area contributed by atoms with E-state index in [1.165, 1.54) is 24.4 Å². The predicted octanol–water partition coefficient (Wildman–Crippen LogP) is 5.40. The highest BCUT2D eigenvalue weighted by atomic mass is 19.4. The van der Waals surface area contributed by atoms with Crippen molar-refractivity contribution in [3.8, 4) is 22.8 Å². The lowest BCUT2D eigenvalue weighted by Gasteiger charge is -2.30. The highest BCUT2D eigenvalue weighted by Gasteiger charge is 2.31. The Balaban J connectivity index is 1.61. The number of aromatic nitrogens is 2. The first-order valence-corrected chi connectivity index (χ1v) is 11.9. The summed E-state index contributed by atoms with van der Waals surface area (Å²) >= 11 is 0. The lowest BCUT2D eigenvalue weighted by Crippen LogP contribution is -2.36. The van der Waals surface area contributed by atoms with Crippen LogP contribution in [0.4, 0.5) is 18.9 Å². The van der Waals surface area contributed by atoms with E-state index in [-0.39, 0.29) is 24.1 Å². The van der Waals surface area contributed by atoms with Gasteiger partial charge in [0.15, 0.2) is 5.78 Å². The summed E-state index contributed by atoms with van der Waals surface area (Å²) in [7, 11) is 0. The molecular weight excluding hydrogens is 487 g/mol. The summed E-state index contributed by atoms with van der Waals surface area (Å²) in [4.78, 5) is 24.2. The fourth-order valence-corrected chi connectivity index (χ4v) is 4.05. The molecule has 1 aliphatic rings. The van der Waals surface area contributed by atoms with Crippen LogP contribution < -0.4 is 14.4 Å². The number of Topliss-reactive ketones (excluding diaryl/α,β-unsaturated/α-hetero) is 1. The summed E-state index contributed by atoms with van der Waals surface area (Å²) in [5.41, 5.74) is 3.81. The zero-order valence-corrected chi connectivity index (χ0v) is 20.8. The maximum Gasteiger partial charge on any atom is 0.573 e. The minimum Gasteiger partial charge on any atom is -0.473 e. The molecule has 2 aromatic heterocycles. The molecule has 0 atom stereocenters. The van der Waals surface area contributed by atoms with Gasteiger partial charge in [-0.25, -0.2) is 4.98 Å². The van der Waals surface area contributed by atoms with Crippen molar-refractivity contribution in [3.63, 3.8) is 0 Å². The molecule has 0 radical (unpaired) electrons. The monoisotopic (exact) mass is 515 g/mol. The standard InChI is InChI=1S/C27H28F3N3O4/c1-17(2)36-26-24(33-7-9-35-10-8-33)14-20(15-32-26)23-13-21(16-31-18(23)3)25(34)12-19-5-4-6-22(11-19)37-27(28,29)30/h4-6,11,13-17H,7-10,12H2,1-3H3. The van der Waals surface area contributed by atoms with Crippen LogP contribution >= 0.6 is 0 Å². The normalized spacial score (nSPS) is 14.1. The first-order chi connectivity index (χ1) is 17.6. The second-order valence-corrected chi connectivity index (χ2v) is 8.97. The van der Waals surface area contributed by atoms with Gasteiger partial charge in [0.2, 0.25) is 5.88 Å². The molecule has 1 aliphatic heterocycles. The van der Waals surface area contributed by atoms with Crippen molar-refractivity contribution in [2.75, 3.05) is 31.2 Å². The van der Waals surface area contributed by atoms with Crippen LogP contribution in [0.1, 0.15) is 35.5 Å². The number of anilines is 1. The van der Waals surface area contributed by atoms with Gasteiger partial charge in [0.1, 0.15) is 11.4 Å². The summed E-state index contributed by atoms with van der Waals surface area (Å²) in [6, 6.07) is 9.12. The van der Waals surface area contributed by atoms with E-state index in [9.17, 15) is 18.0 Å². The van der Waals surface area contributed by atoms with Gasteiger partial charge >= 0.3 is 6.36 Å². The molecule has 196 valence electrons. The number of ketones is 1. The van der Waals surface area contributed by atoms with E-state index < -0.39 is 6.36 Å². The van der Waals surface area contributed by atoms with Crippen LogP contribution in [0.25, 0.3) is 11.1 Å². The molecule has 0 N–H and O–H groups in total. The van der Waals surface area contributed by atoms with Crippen LogP contribution in [0.5, 0.6) is 11.6 Å². The minimum atomic E-state index is -4.80. The molecule has 0 bridgehead atoms. The summed E-state index contributed by atoms with van der Waals surface area (Å²) in [6.45, 7) is 8.32. The maximum absolute atomic E-state index is 13.0. The second-order valence-electron chi connectivity index (χ2n) is 8.97. The van der Waals surface area contributed by atoms with Gasteiger partial charge in [-0.1, -0.05) is 12.1 Å². The van der Waals surface area contributed by atoms with Crippen molar-refractivity contribution < 1.29 is 32.2 Å². The Labute approximate surface area is 213 Å². The number of carbonyl (C=O) groups is 1. The number of pyridine rings is 2. The second kappa shape index (κ2) is 11.2. The number of morpholine rings is 1. The Morgan fingerprint density at radius 2 is 1.86 bits per heavy atom. The van der Waals surface area contributed by atoms with Crippen LogP contribution in [-0.4, -0.2) is 54.5 Å². The molecular formula is C27H28F3N3O4. The van der Waals surface area contributed by atoms with E-state index in [4.69, 9.17) is 9.47 Å². The zero-order valence-electron chi connectivity index (χ0n) is 20.8. The third-order valence-electron chi connectivity index (χ3n) is 5.75. The van der Waals surface area contributed by atoms with Gasteiger partial charge in [0, 0.05) is 54.3 Å². The third-order valence-corrected chi connectivity index (χ3v) is 5.75. The number of carbonyl (C=O) groups excluding carboxylic acids is 1. The molecule has 0 spiro atoms. The van der Waals surface area contributed by atoms with Gasteiger partial charge in [-0.05, 0) is 50.6 Å². The Kier molecular flexibility index (Phi) is 7.97. The number of ether oxygens (including phenoxy) is 3. The van der Waals surface area contributed by atoms with E-state index in [2.05, 4.69) is 19.6 Å². The summed E-state index contributed by atoms with van der Waals surface area (Å²) < 4.78 is 53.1. The molecule has 3 heterocycles. The number of hydrogen-bond donors (Lipinski definition) is 0. The molecule has 0 aliphatic carbocycles. The van der Waals surface area contributed by atoms with Gasteiger partial charge in [0.05, 0.1) is 19.3 Å². The van der Waals surface area contributed by atoms with Crippen molar-refractivity contribution in [3.05, 3.63) is 65.6 Å². The van der Waals surface area contributed by atoms with E-state index in [1.54, 1.807) is 18.3 Å². The molecule has 1 fully saturated rings. The number of halogens is 3. The fourth-order valence-electron chi connectivity index (χ4n) is 4.05. The maximum atomic E-state index is 13.0. The van der Waals surface area contributed by atoms with E-state index >= 15 is 0 Å². The summed E-state index contributed by atoms with van der Waals surface area (Å²) in [5, 5.41) is 0. The summed E-state index contributed by atoms with van der Waals surface area (Å²) in [5.74, 6) is -0.121. The number of aryl methyl sites for hydroxylation is 1. The van der Waals surface area contributed by atoms with Crippen molar-refractivity contribution in [2.45, 2.75) is 39.7 Å². The lowest BCUT2D eigenvalue weighted by molar-refractivity contribution is -0.274. The molecule has 1 saturated heterocycles. The average Bonchev–Trinajstić information content (AvgIpc) is 2.84. The molecule has 7 nitrogen and oxygen atoms in total. The average molecular weight is 516 g/mol. The van der Waals surface area contributed by atoms with Gasteiger partial charge in [0.25, 0.3) is 0 Å². The van der Waals surface area contributed by atoms with E-state index in [0.717, 1.165) is 16.8 Å². The minimum absolute atomic E-state index is 0.0532. The van der Waals surface area contributed by atoms with Crippen LogP contribution in [0.2, 0.25) is 0 Å². The Morgan fingerprint density at radius 1 is 1.11 bits per heavy atom. The van der Waals surface area contributed by atoms with Crippen LogP contribution in [-0.2, 0) is 11.2 Å². The van der Waals surface area contributed by atoms with Gasteiger partial charge in [-0.2, -0.15) is 0 Å². The summed E-state index contributed by atoms with van der Waals surface area (Å²) in [6.07, 6.45) is -1.79. The number of hydrogen-bond acceptors (Lipinski definition) is 7. The highest BCUT2D eigenvalue weighted by Crippen LogP contribution is 2.34. The highest BCUT2D eigenvalue weighted by molar-refractivity contribution is 5.98. The predicted molar refractivity (Wildman–Crippen MR) is 132 cm³/mol. The SMILES string of the molecule is Cc1ncc(C(=O)Cc2cccc(OC(F)(F)F)c2)cc1-c1cnc(OC(C)C)c(N2CCOCC2)c1. The molecule has 0 unspecified atom stereocenters. The molecule has 0 saturated carbocycles. The van der Waals surface area contributed by atoms with Crippen molar-refractivity contribution in [1.29, 1.82) is 0 Å². The number of benzene rings is 1. The zero-order chi connectivity index (χ0) is 26.6. The van der Waals surface area contributed by atoms with Gasteiger partial charge < -0.3 is 19.1 Å². The largest absolute Gasteiger partial charge is 0.573 e. The van der Waals surface area contributed by atoms with E-state index in [0.29, 0.717) is 49.0 Å². The fraction of sp³-hybridized carbons (Fsp3) is 0.370. The number of nitrogens with zero attached hydrogens (tertiary/aromatic N) is 3. The van der Waals surface area contributed by atoms with Crippen LogP contribution in [0.15, 0.2) is 48.8 Å². The van der Waals surface area contributed by atoms with Crippen molar-refractivity contribution in [1.82, 2.24) is 9.97 Å². The topological polar surface area (TPSA) is 73.8 Å². The molecule has 1 aromatic carbocycles. The van der Waals surface area contributed by atoms with Gasteiger partial charge in [-0.15, -0.1) is 13.2 Å². The molecule has 4 rings (SSSR count). The Morgan fingerprint density at radius 3 is 2.57 bits per heavy atom. The Hall–Kier alpha value is -3.66. The molecule has 10 heteroatoms. The first kappa shape index (κ1) is 26.4. The number of rotatable bonds is 8. The molecule has 0 amide bonds. The molecule has 3 aromatic rings.